The van der Waals surface area contributed by atoms with E-state index in [0.717, 1.165) is 0 Å². The molecule has 0 spiro atoms. The number of hydrogen-bond acceptors (Lipinski definition) is 4. The number of carboxylic acid groups (broad SMARTS) is 1. The number of sulfonamides is 1. The Bertz CT molecular complexity index is 678. The summed E-state index contributed by atoms with van der Waals surface area (Å²) in [6, 6.07) is 0. The summed E-state index contributed by atoms with van der Waals surface area (Å²) in [4.78, 5) is 10.5. The first-order chi connectivity index (χ1) is 12.6. The SMILES string of the molecule is C[N+](C)(CCCNS(=O)(=O)CCC(F)(F)C(F)(F)C(F)(F)C(F)(F)F)CC(=O)[O-]. The number of hydrogen-bond donors (Lipinski definition) is 1. The molecule has 0 amide bonds. The van der Waals surface area contributed by atoms with E-state index in [0.29, 0.717) is 0 Å². The van der Waals surface area contributed by atoms with Gasteiger partial charge in [0.15, 0.2) is 0 Å². The van der Waals surface area contributed by atoms with Gasteiger partial charge in [0.2, 0.25) is 10.0 Å². The molecule has 16 heteroatoms. The maximum atomic E-state index is 13.3. The lowest BCUT2D eigenvalue weighted by molar-refractivity contribution is -0.884. The van der Waals surface area contributed by atoms with Crippen molar-refractivity contribution in [3.63, 3.8) is 0 Å². The van der Waals surface area contributed by atoms with Crippen molar-refractivity contribution >= 4 is 16.0 Å². The maximum Gasteiger partial charge on any atom is 0.460 e. The van der Waals surface area contributed by atoms with Crippen molar-refractivity contribution in [2.75, 3.05) is 39.5 Å². The van der Waals surface area contributed by atoms with Crippen LogP contribution in [-0.2, 0) is 14.8 Å². The van der Waals surface area contributed by atoms with Gasteiger partial charge in [-0.25, -0.2) is 13.1 Å². The van der Waals surface area contributed by atoms with Gasteiger partial charge < -0.3 is 14.4 Å². The summed E-state index contributed by atoms with van der Waals surface area (Å²) in [6.45, 7) is -0.804. The third-order valence-corrected chi connectivity index (χ3v) is 5.10. The van der Waals surface area contributed by atoms with Gasteiger partial charge in [0, 0.05) is 19.4 Å². The van der Waals surface area contributed by atoms with Crippen LogP contribution >= 0.6 is 0 Å². The Morgan fingerprint density at radius 2 is 1.45 bits per heavy atom. The molecule has 0 aliphatic heterocycles. The fourth-order valence-corrected chi connectivity index (χ4v) is 3.19. The van der Waals surface area contributed by atoms with E-state index in [4.69, 9.17) is 0 Å². The van der Waals surface area contributed by atoms with Gasteiger partial charge in [-0.1, -0.05) is 0 Å². The van der Waals surface area contributed by atoms with Gasteiger partial charge in [-0.05, 0) is 0 Å². The highest BCUT2D eigenvalue weighted by Gasteiger charge is 2.81. The number of rotatable bonds is 12. The predicted molar refractivity (Wildman–Crippen MR) is 78.8 cm³/mol. The Balaban J connectivity index is 4.89. The normalized spacial score (nSPS) is 14.9. The molecule has 0 aromatic rings. The molecule has 0 unspecified atom stereocenters. The van der Waals surface area contributed by atoms with E-state index in [2.05, 4.69) is 0 Å². The number of halogens is 9. The van der Waals surface area contributed by atoms with E-state index in [1.54, 1.807) is 4.72 Å². The smallest absolute Gasteiger partial charge is 0.460 e. The molecular formula is C13H19F9N2O4S. The molecule has 0 heterocycles. The number of nitrogens with zero attached hydrogens (tertiary/aromatic N) is 1. The monoisotopic (exact) mass is 470 g/mol. The number of aliphatic carboxylic acids is 1. The molecule has 0 saturated heterocycles. The molecule has 0 fully saturated rings. The van der Waals surface area contributed by atoms with Crippen LogP contribution in [0.15, 0.2) is 0 Å². The summed E-state index contributed by atoms with van der Waals surface area (Å²) in [5.41, 5.74) is 0. The number of carbonyl (C=O) groups is 1. The Hall–Kier alpha value is -1.29. The zero-order valence-electron chi connectivity index (χ0n) is 15.1. The summed E-state index contributed by atoms with van der Waals surface area (Å²) >= 11 is 0. The van der Waals surface area contributed by atoms with E-state index >= 15 is 0 Å². The van der Waals surface area contributed by atoms with Crippen LogP contribution in [0.25, 0.3) is 0 Å². The molecule has 0 bridgehead atoms. The fraction of sp³-hybridized carbons (Fsp3) is 0.923. The fourth-order valence-electron chi connectivity index (χ4n) is 2.06. The minimum atomic E-state index is -7.08. The van der Waals surface area contributed by atoms with Gasteiger partial charge in [-0.3, -0.25) is 0 Å². The van der Waals surface area contributed by atoms with Crippen LogP contribution in [0.3, 0.4) is 0 Å². The third kappa shape index (κ3) is 7.47. The first-order valence-corrected chi connectivity index (χ1v) is 9.43. The minimum absolute atomic E-state index is 0.0296. The Morgan fingerprint density at radius 3 is 1.86 bits per heavy atom. The van der Waals surface area contributed by atoms with Gasteiger partial charge in [0.1, 0.15) is 6.54 Å². The summed E-state index contributed by atoms with van der Waals surface area (Å²) in [5.74, 6) is -23.2. The van der Waals surface area contributed by atoms with E-state index in [-0.39, 0.29) is 17.4 Å². The highest BCUT2D eigenvalue weighted by molar-refractivity contribution is 7.89. The van der Waals surface area contributed by atoms with Gasteiger partial charge in [-0.2, -0.15) is 39.5 Å². The van der Waals surface area contributed by atoms with Crippen molar-refractivity contribution in [1.82, 2.24) is 4.72 Å². The Labute approximate surface area is 160 Å². The van der Waals surface area contributed by atoms with Crippen LogP contribution in [0.5, 0.6) is 0 Å². The summed E-state index contributed by atoms with van der Waals surface area (Å²) in [7, 11) is -1.82. The molecule has 0 aromatic heterocycles. The highest BCUT2D eigenvalue weighted by atomic mass is 32.2. The first kappa shape index (κ1) is 27.7. The van der Waals surface area contributed by atoms with Crippen LogP contribution in [0.1, 0.15) is 12.8 Å². The van der Waals surface area contributed by atoms with Gasteiger partial charge in [-0.15, -0.1) is 0 Å². The molecule has 0 saturated carbocycles. The van der Waals surface area contributed by atoms with E-state index in [1.165, 1.54) is 14.1 Å². The zero-order chi connectivity index (χ0) is 23.5. The number of alkyl halides is 9. The molecule has 0 atom stereocenters. The summed E-state index contributed by atoms with van der Waals surface area (Å²) in [6.07, 6.45) is -9.50. The van der Waals surface area contributed by atoms with E-state index in [1.807, 2.05) is 0 Å². The quantitative estimate of drug-likeness (QED) is 0.262. The van der Waals surface area contributed by atoms with Crippen molar-refractivity contribution in [2.24, 2.45) is 0 Å². The number of nitrogens with one attached hydrogen (secondary N) is 1. The van der Waals surface area contributed by atoms with Crippen molar-refractivity contribution in [1.29, 1.82) is 0 Å². The summed E-state index contributed by atoms with van der Waals surface area (Å²) in [5, 5.41) is 10.5. The average molecular weight is 470 g/mol. The summed E-state index contributed by atoms with van der Waals surface area (Å²) < 4.78 is 139. The van der Waals surface area contributed by atoms with Crippen LogP contribution in [0.2, 0.25) is 0 Å². The average Bonchev–Trinajstić information content (AvgIpc) is 2.47. The van der Waals surface area contributed by atoms with Crippen LogP contribution < -0.4 is 9.83 Å². The topological polar surface area (TPSA) is 86.3 Å². The molecule has 0 aliphatic carbocycles. The second-order valence-electron chi connectivity index (χ2n) is 6.86. The molecular weight excluding hydrogens is 451 g/mol. The molecule has 1 N–H and O–H groups in total. The number of quaternary nitrogens is 1. The maximum absolute atomic E-state index is 13.3. The largest absolute Gasteiger partial charge is 0.544 e. The lowest BCUT2D eigenvalue weighted by Gasteiger charge is -2.33. The lowest BCUT2D eigenvalue weighted by atomic mass is 10.0. The van der Waals surface area contributed by atoms with Gasteiger partial charge in [0.25, 0.3) is 0 Å². The zero-order valence-corrected chi connectivity index (χ0v) is 15.9. The van der Waals surface area contributed by atoms with Crippen LogP contribution in [-0.4, -0.2) is 82.3 Å². The molecule has 0 aliphatic rings. The molecule has 29 heavy (non-hydrogen) atoms. The van der Waals surface area contributed by atoms with E-state index in [9.17, 15) is 57.8 Å². The molecule has 0 rings (SSSR count). The van der Waals surface area contributed by atoms with Crippen molar-refractivity contribution < 1.29 is 62.3 Å². The molecule has 0 aromatic carbocycles. The van der Waals surface area contributed by atoms with Crippen molar-refractivity contribution in [2.45, 2.75) is 36.8 Å². The number of carbonyl (C=O) groups excluding carboxylic acids is 1. The van der Waals surface area contributed by atoms with Gasteiger partial charge in [0.05, 0.1) is 32.4 Å². The predicted octanol–water partition coefficient (Wildman–Crippen LogP) is 0.980. The second kappa shape index (κ2) is 8.83. The number of carboxylic acids is 1. The minimum Gasteiger partial charge on any atom is -0.544 e. The molecule has 174 valence electrons. The Kier molecular flexibility index (Phi) is 8.44. The second-order valence-corrected chi connectivity index (χ2v) is 8.78. The number of likely N-dealkylation sites (N-methyl/N-ethyl adjacent to an activating group) is 1. The molecule has 0 radical (unpaired) electrons. The third-order valence-electron chi connectivity index (χ3n) is 3.71. The first-order valence-electron chi connectivity index (χ1n) is 7.77. The van der Waals surface area contributed by atoms with Crippen molar-refractivity contribution in [3.05, 3.63) is 0 Å². The van der Waals surface area contributed by atoms with Crippen LogP contribution in [0.4, 0.5) is 39.5 Å². The van der Waals surface area contributed by atoms with Gasteiger partial charge >= 0.3 is 23.9 Å². The highest BCUT2D eigenvalue weighted by Crippen LogP contribution is 2.54. The Morgan fingerprint density at radius 1 is 0.966 bits per heavy atom. The van der Waals surface area contributed by atoms with Crippen LogP contribution in [0, 0.1) is 0 Å². The van der Waals surface area contributed by atoms with Crippen molar-refractivity contribution in [3.8, 4) is 0 Å². The van der Waals surface area contributed by atoms with E-state index < -0.39 is 65.2 Å². The lowest BCUT2D eigenvalue weighted by Crippen LogP contribution is -2.61. The molecule has 6 nitrogen and oxygen atoms in total. The standard InChI is InChI=1S/C13H19F9N2O4S/c1-24(2,8-9(25)26)6-3-5-23-29(27,28)7-4-10(14,15)11(16,17)12(18,19)13(20,21)22/h23H,3-8H2,1-2H3.